The number of hydrogen-bond acceptors (Lipinski definition) is 5. The van der Waals surface area contributed by atoms with Gasteiger partial charge in [-0.05, 0) is 63.5 Å². The van der Waals surface area contributed by atoms with Gasteiger partial charge in [-0.15, -0.1) is 0 Å². The van der Waals surface area contributed by atoms with E-state index in [0.29, 0.717) is 36.5 Å². The molecule has 190 valence electrons. The van der Waals surface area contributed by atoms with Crippen LogP contribution in [0.1, 0.15) is 27.7 Å². The predicted molar refractivity (Wildman–Crippen MR) is 146 cm³/mol. The van der Waals surface area contributed by atoms with Crippen molar-refractivity contribution in [3.05, 3.63) is 119 Å². The molecule has 1 aliphatic rings. The normalized spacial score (nSPS) is 15.1. The quantitative estimate of drug-likeness (QED) is 0.317. The number of rotatable bonds is 7. The first-order valence-electron chi connectivity index (χ1n) is 11.9. The Morgan fingerprint density at radius 1 is 0.784 bits per heavy atom. The molecule has 3 aromatic carbocycles. The molecule has 1 amide bonds. The number of benzene rings is 3. The molecule has 0 aliphatic carbocycles. The van der Waals surface area contributed by atoms with Crippen molar-refractivity contribution in [3.8, 4) is 0 Å². The average molecular weight is 581 g/mol. The highest BCUT2D eigenvalue weighted by atomic mass is 79.9. The predicted octanol–water partition coefficient (Wildman–Crippen LogP) is 5.39. The molecule has 0 radical (unpaired) electrons. The summed E-state index contributed by atoms with van der Waals surface area (Å²) >= 11 is 3.17. The van der Waals surface area contributed by atoms with Gasteiger partial charge in [0.05, 0.1) is 10.9 Å². The maximum absolute atomic E-state index is 13.4. The molecule has 1 aromatic heterocycles. The Hall–Kier alpha value is -3.24. The second-order valence-corrected chi connectivity index (χ2v) is 11.5. The number of sulfonamides is 1. The van der Waals surface area contributed by atoms with E-state index in [9.17, 15) is 13.2 Å². The number of carbonyl (C=O) groups excluding carboxylic acids is 1. The van der Waals surface area contributed by atoms with E-state index >= 15 is 0 Å². The van der Waals surface area contributed by atoms with Crippen molar-refractivity contribution < 1.29 is 17.6 Å². The van der Waals surface area contributed by atoms with Crippen molar-refractivity contribution in [2.45, 2.75) is 10.9 Å². The van der Waals surface area contributed by atoms with Crippen LogP contribution >= 0.6 is 15.9 Å². The molecule has 1 aliphatic heterocycles. The largest absolute Gasteiger partial charge is 0.444 e. The van der Waals surface area contributed by atoms with E-state index in [4.69, 9.17) is 4.42 Å². The topological polar surface area (TPSA) is 82.9 Å². The zero-order valence-corrected chi connectivity index (χ0v) is 22.4. The summed E-state index contributed by atoms with van der Waals surface area (Å²) in [4.78, 5) is 14.8. The lowest BCUT2D eigenvalue weighted by molar-refractivity contribution is 0.0995. The van der Waals surface area contributed by atoms with Gasteiger partial charge in [-0.2, -0.15) is 4.31 Å². The van der Waals surface area contributed by atoms with Crippen molar-refractivity contribution in [3.63, 3.8) is 0 Å². The standard InChI is InChI=1S/C28H26BrN3O4S/c29-26-16-15-25(36-26)28(33)30-23-11-13-24(14-12-23)37(34,35)32-19-17-31(18-20-32)27(21-7-3-1-4-8-21)22-9-5-2-6-10-22/h1-16,27H,17-20H2,(H,30,33). The number of anilines is 1. The summed E-state index contributed by atoms with van der Waals surface area (Å²) < 4.78 is 34.0. The van der Waals surface area contributed by atoms with Gasteiger partial charge < -0.3 is 9.73 Å². The lowest BCUT2D eigenvalue weighted by atomic mass is 9.96. The van der Waals surface area contributed by atoms with E-state index in [-0.39, 0.29) is 16.7 Å². The van der Waals surface area contributed by atoms with Crippen molar-refractivity contribution in [2.75, 3.05) is 31.5 Å². The monoisotopic (exact) mass is 579 g/mol. The van der Waals surface area contributed by atoms with Gasteiger partial charge in [0.15, 0.2) is 10.4 Å². The third-order valence-electron chi connectivity index (χ3n) is 6.42. The van der Waals surface area contributed by atoms with Gasteiger partial charge in [-0.3, -0.25) is 9.69 Å². The Labute approximate surface area is 224 Å². The van der Waals surface area contributed by atoms with Crippen LogP contribution in [0.4, 0.5) is 5.69 Å². The Morgan fingerprint density at radius 3 is 1.86 bits per heavy atom. The lowest BCUT2D eigenvalue weighted by Crippen LogP contribution is -2.49. The third kappa shape index (κ3) is 5.70. The molecule has 7 nitrogen and oxygen atoms in total. The molecule has 1 saturated heterocycles. The van der Waals surface area contributed by atoms with Crippen molar-refractivity contribution in [2.24, 2.45) is 0 Å². The molecule has 1 N–H and O–H groups in total. The average Bonchev–Trinajstić information content (AvgIpc) is 3.37. The summed E-state index contributed by atoms with van der Waals surface area (Å²) in [5.74, 6) is -0.255. The fraction of sp³-hybridized carbons (Fsp3) is 0.179. The molecule has 1 fully saturated rings. The highest BCUT2D eigenvalue weighted by molar-refractivity contribution is 9.10. The number of piperazine rings is 1. The highest BCUT2D eigenvalue weighted by Crippen LogP contribution is 2.30. The maximum atomic E-state index is 13.4. The first-order valence-corrected chi connectivity index (χ1v) is 14.2. The zero-order valence-electron chi connectivity index (χ0n) is 20.0. The first-order chi connectivity index (χ1) is 17.9. The number of amides is 1. The maximum Gasteiger partial charge on any atom is 0.291 e. The minimum atomic E-state index is -3.67. The van der Waals surface area contributed by atoms with Crippen LogP contribution in [0.15, 0.2) is 111 Å². The van der Waals surface area contributed by atoms with E-state index in [1.54, 1.807) is 24.3 Å². The molecule has 0 spiro atoms. The minimum Gasteiger partial charge on any atom is -0.444 e. The Balaban J connectivity index is 1.27. The Kier molecular flexibility index (Phi) is 7.57. The van der Waals surface area contributed by atoms with Gasteiger partial charge in [-0.1, -0.05) is 60.7 Å². The summed E-state index contributed by atoms with van der Waals surface area (Å²) in [6.07, 6.45) is 0. The number of nitrogens with zero attached hydrogens (tertiary/aromatic N) is 2. The Bertz CT molecular complexity index is 1410. The van der Waals surface area contributed by atoms with Crippen LogP contribution in [-0.2, 0) is 10.0 Å². The minimum absolute atomic E-state index is 0.0601. The molecule has 4 aromatic rings. The van der Waals surface area contributed by atoms with E-state index < -0.39 is 15.9 Å². The van der Waals surface area contributed by atoms with Crippen LogP contribution in [0.25, 0.3) is 0 Å². The second kappa shape index (κ2) is 11.0. The van der Waals surface area contributed by atoms with Crippen molar-refractivity contribution in [1.29, 1.82) is 0 Å². The smallest absolute Gasteiger partial charge is 0.291 e. The summed E-state index contributed by atoms with van der Waals surface area (Å²) in [5.41, 5.74) is 2.85. The molecule has 9 heteroatoms. The molecule has 5 rings (SSSR count). The number of nitrogens with one attached hydrogen (secondary N) is 1. The van der Waals surface area contributed by atoms with Gasteiger partial charge in [0, 0.05) is 31.9 Å². The molecular formula is C28H26BrN3O4S. The van der Waals surface area contributed by atoms with Crippen LogP contribution in [0.5, 0.6) is 0 Å². The fourth-order valence-electron chi connectivity index (χ4n) is 4.58. The number of hydrogen-bond donors (Lipinski definition) is 1. The van der Waals surface area contributed by atoms with Gasteiger partial charge >= 0.3 is 0 Å². The molecule has 0 unspecified atom stereocenters. The van der Waals surface area contributed by atoms with Gasteiger partial charge in [0.25, 0.3) is 5.91 Å². The van der Waals surface area contributed by atoms with E-state index in [2.05, 4.69) is 50.4 Å². The van der Waals surface area contributed by atoms with E-state index in [0.717, 1.165) is 0 Å². The van der Waals surface area contributed by atoms with Crippen molar-refractivity contribution in [1.82, 2.24) is 9.21 Å². The second-order valence-electron chi connectivity index (χ2n) is 8.75. The van der Waals surface area contributed by atoms with Gasteiger partial charge in [-0.25, -0.2) is 8.42 Å². The Morgan fingerprint density at radius 2 is 1.35 bits per heavy atom. The molecule has 37 heavy (non-hydrogen) atoms. The molecule has 0 atom stereocenters. The van der Waals surface area contributed by atoms with Gasteiger partial charge in [0.1, 0.15) is 0 Å². The van der Waals surface area contributed by atoms with E-state index in [1.165, 1.54) is 27.6 Å². The number of halogens is 1. The third-order valence-corrected chi connectivity index (χ3v) is 8.76. The SMILES string of the molecule is O=C(Nc1ccc(S(=O)(=O)N2CCN(C(c3ccccc3)c3ccccc3)CC2)cc1)c1ccc(Br)o1. The van der Waals surface area contributed by atoms with Crippen LogP contribution in [-0.4, -0.2) is 49.7 Å². The number of carbonyl (C=O) groups is 1. The van der Waals surface area contributed by atoms with Crippen LogP contribution < -0.4 is 5.32 Å². The summed E-state index contributed by atoms with van der Waals surface area (Å²) in [6, 6.07) is 30.1. The zero-order chi connectivity index (χ0) is 25.8. The summed E-state index contributed by atoms with van der Waals surface area (Å²) in [7, 11) is -3.67. The summed E-state index contributed by atoms with van der Waals surface area (Å²) in [5, 5.41) is 2.71. The first kappa shape index (κ1) is 25.4. The van der Waals surface area contributed by atoms with E-state index in [1.807, 2.05) is 36.4 Å². The molecule has 0 bridgehead atoms. The molecular weight excluding hydrogens is 554 g/mol. The van der Waals surface area contributed by atoms with Crippen LogP contribution in [0.2, 0.25) is 0 Å². The van der Waals surface area contributed by atoms with Crippen LogP contribution in [0.3, 0.4) is 0 Å². The van der Waals surface area contributed by atoms with Crippen molar-refractivity contribution >= 4 is 37.5 Å². The molecule has 0 saturated carbocycles. The fourth-order valence-corrected chi connectivity index (χ4v) is 6.30. The van der Waals surface area contributed by atoms with Crippen LogP contribution in [0, 0.1) is 0 Å². The lowest BCUT2D eigenvalue weighted by Gasteiger charge is -2.39. The molecule has 2 heterocycles. The summed E-state index contributed by atoms with van der Waals surface area (Å²) in [6.45, 7) is 2.01. The van der Waals surface area contributed by atoms with Gasteiger partial charge in [0.2, 0.25) is 10.0 Å². The number of furan rings is 1. The highest BCUT2D eigenvalue weighted by Gasteiger charge is 2.32.